The third-order valence-electron chi connectivity index (χ3n) is 5.78. The highest BCUT2D eigenvalue weighted by Crippen LogP contribution is 2.16. The fraction of sp³-hybridized carbons (Fsp3) is 0.375. The van der Waals surface area contributed by atoms with Crippen molar-refractivity contribution < 1.29 is 18.0 Å². The lowest BCUT2D eigenvalue weighted by atomic mass is 10.0. The Morgan fingerprint density at radius 1 is 1.14 bits per heavy atom. The first kappa shape index (κ1) is 28.4. The molecule has 0 saturated carbocycles. The first-order valence-electron chi connectivity index (χ1n) is 11.3. The van der Waals surface area contributed by atoms with Crippen molar-refractivity contribution in [3.63, 3.8) is 0 Å². The van der Waals surface area contributed by atoms with Gasteiger partial charge in [-0.15, -0.1) is 12.4 Å². The van der Waals surface area contributed by atoms with Crippen molar-refractivity contribution >= 4 is 40.1 Å². The number of nitrogen functional groups attached to an aromatic ring is 1. The van der Waals surface area contributed by atoms with Crippen LogP contribution < -0.4 is 15.8 Å². The summed E-state index contributed by atoms with van der Waals surface area (Å²) in [7, 11) is -3.71. The molecule has 0 bridgehead atoms. The van der Waals surface area contributed by atoms with Gasteiger partial charge in [0.25, 0.3) is 0 Å². The largest absolute Gasteiger partial charge is 0.384 e. The summed E-state index contributed by atoms with van der Waals surface area (Å²) in [5, 5.41) is 10.7. The van der Waals surface area contributed by atoms with Gasteiger partial charge in [0.1, 0.15) is 11.9 Å². The molecule has 2 atom stereocenters. The number of imide groups is 1. The number of sulfonamides is 1. The van der Waals surface area contributed by atoms with Crippen LogP contribution in [0.4, 0.5) is 0 Å². The summed E-state index contributed by atoms with van der Waals surface area (Å²) < 4.78 is 27.3. The van der Waals surface area contributed by atoms with Gasteiger partial charge in [-0.05, 0) is 43.9 Å². The summed E-state index contributed by atoms with van der Waals surface area (Å²) in [6, 6.07) is 14.2. The van der Waals surface area contributed by atoms with Gasteiger partial charge < -0.3 is 11.1 Å². The molecule has 0 radical (unpaired) electrons. The average Bonchev–Trinajstić information content (AvgIpc) is 3.37. The Balaban J connectivity index is 0.00000432. The van der Waals surface area contributed by atoms with Gasteiger partial charge in [0, 0.05) is 5.56 Å². The van der Waals surface area contributed by atoms with Gasteiger partial charge in [0.15, 0.2) is 0 Å². The van der Waals surface area contributed by atoms with Crippen LogP contribution in [0, 0.1) is 5.41 Å². The van der Waals surface area contributed by atoms with Crippen molar-refractivity contribution in [3.8, 4) is 0 Å². The van der Waals surface area contributed by atoms with Gasteiger partial charge in [-0.25, -0.2) is 13.1 Å². The van der Waals surface area contributed by atoms with Crippen molar-refractivity contribution in [2.75, 3.05) is 12.3 Å². The van der Waals surface area contributed by atoms with Crippen molar-refractivity contribution in [1.82, 2.24) is 14.9 Å². The molecule has 2 aromatic carbocycles. The van der Waals surface area contributed by atoms with Crippen LogP contribution in [0.2, 0.25) is 0 Å². The van der Waals surface area contributed by atoms with E-state index in [2.05, 4.69) is 10.0 Å². The molecule has 11 heteroatoms. The molecule has 5 N–H and O–H groups in total. The van der Waals surface area contributed by atoms with Crippen molar-refractivity contribution in [2.45, 2.75) is 44.8 Å². The van der Waals surface area contributed by atoms with Gasteiger partial charge in [-0.3, -0.25) is 19.9 Å². The molecule has 0 aliphatic carbocycles. The Morgan fingerprint density at radius 3 is 2.34 bits per heavy atom. The van der Waals surface area contributed by atoms with E-state index in [1.54, 1.807) is 24.3 Å². The maximum atomic E-state index is 13.7. The number of nitrogens with two attached hydrogens (primary N) is 1. The average molecular weight is 522 g/mol. The van der Waals surface area contributed by atoms with Crippen LogP contribution in [0.1, 0.15) is 36.5 Å². The molecule has 0 aromatic heterocycles. The zero-order valence-electron chi connectivity index (χ0n) is 19.6. The van der Waals surface area contributed by atoms with E-state index in [0.29, 0.717) is 24.1 Å². The van der Waals surface area contributed by atoms with Gasteiger partial charge in [0.2, 0.25) is 21.8 Å². The number of benzene rings is 2. The Kier molecular flexibility index (Phi) is 10.4. The van der Waals surface area contributed by atoms with Crippen molar-refractivity contribution in [2.24, 2.45) is 5.73 Å². The summed E-state index contributed by atoms with van der Waals surface area (Å²) >= 11 is 0. The van der Waals surface area contributed by atoms with Crippen LogP contribution in [0.25, 0.3) is 0 Å². The molecule has 190 valence electrons. The molecular formula is C24H32ClN5O4S. The third kappa shape index (κ3) is 7.86. The van der Waals surface area contributed by atoms with Gasteiger partial charge >= 0.3 is 0 Å². The molecule has 9 nitrogen and oxygen atoms in total. The topological polar surface area (TPSA) is 145 Å². The zero-order chi connectivity index (χ0) is 24.7. The molecule has 1 saturated heterocycles. The normalized spacial score (nSPS) is 16.2. The van der Waals surface area contributed by atoms with E-state index in [1.807, 2.05) is 30.3 Å². The molecule has 2 aromatic rings. The van der Waals surface area contributed by atoms with Crippen LogP contribution in [-0.2, 0) is 32.6 Å². The van der Waals surface area contributed by atoms with E-state index in [0.717, 1.165) is 16.9 Å². The first-order valence-corrected chi connectivity index (χ1v) is 12.9. The maximum Gasteiger partial charge on any atom is 0.248 e. The minimum Gasteiger partial charge on any atom is -0.384 e. The fourth-order valence-electron chi connectivity index (χ4n) is 3.84. The van der Waals surface area contributed by atoms with Crippen LogP contribution >= 0.6 is 12.4 Å². The minimum absolute atomic E-state index is 0. The molecule has 3 rings (SSSR count). The lowest BCUT2D eigenvalue weighted by Gasteiger charge is -2.28. The van der Waals surface area contributed by atoms with Crippen molar-refractivity contribution in [1.29, 1.82) is 5.41 Å². The standard InChI is InChI=1S/C24H31N5O4S.ClH/c1-2-34(32,33)28-21(15-17-7-4-3-5-8-17)24(31)29(23(30)20-9-6-14-27-20)16-18-10-12-19(13-11-18)22(25)26;/h3-5,7-8,10-13,20-21,27-28H,2,6,9,14-16H2,1H3,(H3,25,26);1H/t20-,21+;/m0./s1. The van der Waals surface area contributed by atoms with E-state index in [-0.39, 0.29) is 42.9 Å². The van der Waals surface area contributed by atoms with E-state index in [1.165, 1.54) is 6.92 Å². The number of hydrogen-bond acceptors (Lipinski definition) is 6. The predicted molar refractivity (Wildman–Crippen MR) is 138 cm³/mol. The number of carbonyl (C=O) groups excluding carboxylic acids is 2. The molecular weight excluding hydrogens is 490 g/mol. The number of amides is 2. The Morgan fingerprint density at radius 2 is 1.80 bits per heavy atom. The third-order valence-corrected chi connectivity index (χ3v) is 7.18. The van der Waals surface area contributed by atoms with Crippen LogP contribution in [-0.4, -0.2) is 55.3 Å². The van der Waals surface area contributed by atoms with E-state index in [9.17, 15) is 18.0 Å². The maximum absolute atomic E-state index is 13.7. The summed E-state index contributed by atoms with van der Waals surface area (Å²) in [6.07, 6.45) is 1.54. The molecule has 1 fully saturated rings. The highest BCUT2D eigenvalue weighted by atomic mass is 35.5. The monoisotopic (exact) mass is 521 g/mol. The SMILES string of the molecule is CCS(=O)(=O)N[C@H](Cc1ccccc1)C(=O)N(Cc1ccc(C(=N)N)cc1)C(=O)[C@@H]1CCCN1.Cl. The Hall–Kier alpha value is -2.79. The number of nitrogens with zero attached hydrogens (tertiary/aromatic N) is 1. The van der Waals surface area contributed by atoms with Crippen LogP contribution in [0.3, 0.4) is 0 Å². The zero-order valence-corrected chi connectivity index (χ0v) is 21.2. The summed E-state index contributed by atoms with van der Waals surface area (Å²) in [6.45, 7) is 2.16. The van der Waals surface area contributed by atoms with E-state index < -0.39 is 28.0 Å². The molecule has 1 heterocycles. The lowest BCUT2D eigenvalue weighted by molar-refractivity contribution is -0.147. The van der Waals surface area contributed by atoms with E-state index in [4.69, 9.17) is 11.1 Å². The highest BCUT2D eigenvalue weighted by Gasteiger charge is 2.35. The second-order valence-corrected chi connectivity index (χ2v) is 10.3. The minimum atomic E-state index is -3.71. The fourth-order valence-corrected chi connectivity index (χ4v) is 4.62. The van der Waals surface area contributed by atoms with E-state index >= 15 is 0 Å². The number of hydrogen-bond donors (Lipinski definition) is 4. The molecule has 1 aliphatic heterocycles. The van der Waals surface area contributed by atoms with Gasteiger partial charge in [-0.2, -0.15) is 0 Å². The van der Waals surface area contributed by atoms with Gasteiger partial charge in [-0.1, -0.05) is 54.6 Å². The number of amidine groups is 1. The van der Waals surface area contributed by atoms with Crippen LogP contribution in [0.15, 0.2) is 54.6 Å². The Bertz CT molecular complexity index is 1120. The number of nitrogens with one attached hydrogen (secondary N) is 3. The summed E-state index contributed by atoms with van der Waals surface area (Å²) in [5.74, 6) is -1.25. The highest BCUT2D eigenvalue weighted by molar-refractivity contribution is 7.89. The smallest absolute Gasteiger partial charge is 0.248 e. The number of carbonyl (C=O) groups is 2. The second kappa shape index (κ2) is 12.8. The molecule has 0 unspecified atom stereocenters. The molecule has 2 amide bonds. The Labute approximate surface area is 212 Å². The van der Waals surface area contributed by atoms with Crippen molar-refractivity contribution in [3.05, 3.63) is 71.3 Å². The van der Waals surface area contributed by atoms with Crippen LogP contribution in [0.5, 0.6) is 0 Å². The molecule has 35 heavy (non-hydrogen) atoms. The summed E-state index contributed by atoms with van der Waals surface area (Å²) in [4.78, 5) is 28.2. The predicted octanol–water partition coefficient (Wildman–Crippen LogP) is 1.55. The number of halogens is 1. The lowest BCUT2D eigenvalue weighted by Crippen LogP contribution is -2.54. The quantitative estimate of drug-likeness (QED) is 0.275. The molecule has 0 spiro atoms. The molecule has 1 aliphatic rings. The number of rotatable bonds is 10. The first-order chi connectivity index (χ1) is 16.2. The van der Waals surface area contributed by atoms with Gasteiger partial charge in [0.05, 0.1) is 18.3 Å². The second-order valence-electron chi connectivity index (χ2n) is 8.29. The summed E-state index contributed by atoms with van der Waals surface area (Å²) in [5.41, 5.74) is 7.49.